The van der Waals surface area contributed by atoms with Gasteiger partial charge in [0.15, 0.2) is 0 Å². The van der Waals surface area contributed by atoms with E-state index in [0.717, 1.165) is 38.3 Å². The summed E-state index contributed by atoms with van der Waals surface area (Å²) in [6.07, 6.45) is 0.512. The zero-order valence-electron chi connectivity index (χ0n) is 13.3. The number of nitrogens with zero attached hydrogens (tertiary/aromatic N) is 2. The zero-order valence-corrected chi connectivity index (χ0v) is 15.7. The third-order valence-electron chi connectivity index (χ3n) is 4.21. The summed E-state index contributed by atoms with van der Waals surface area (Å²) >= 11 is 5.29. The second-order valence-electron chi connectivity index (χ2n) is 6.03. The molecule has 5 heteroatoms. The van der Waals surface area contributed by atoms with Crippen LogP contribution in [0.3, 0.4) is 0 Å². The molecule has 1 aliphatic rings. The van der Waals surface area contributed by atoms with Gasteiger partial charge >= 0.3 is 0 Å². The summed E-state index contributed by atoms with van der Waals surface area (Å²) in [6.45, 7) is 6.62. The normalized spacial score (nSPS) is 15.8. The second-order valence-corrected chi connectivity index (χ2v) is 8.57. The van der Waals surface area contributed by atoms with Crippen molar-refractivity contribution in [2.24, 2.45) is 0 Å². The number of carbonyl (C=O) groups is 1. The standard InChI is InChI=1S/C18H21BrN2OS/c1-14-2-4-15(5-3-14)12-18(22)21-10-8-20(9-11-21)13-16-6-7-17(19)23-16/h2-7H,8-13H2,1H3. The van der Waals surface area contributed by atoms with Gasteiger partial charge in [-0.3, -0.25) is 9.69 Å². The predicted octanol–water partition coefficient (Wildman–Crippen LogP) is 3.71. The lowest BCUT2D eigenvalue weighted by atomic mass is 10.1. The van der Waals surface area contributed by atoms with Gasteiger partial charge in [-0.2, -0.15) is 0 Å². The van der Waals surface area contributed by atoms with Gasteiger partial charge in [-0.1, -0.05) is 29.8 Å². The quantitative estimate of drug-likeness (QED) is 0.791. The molecule has 122 valence electrons. The molecule has 1 aliphatic heterocycles. The number of rotatable bonds is 4. The van der Waals surface area contributed by atoms with Gasteiger partial charge in [0.25, 0.3) is 0 Å². The Hall–Kier alpha value is -1.17. The number of amides is 1. The van der Waals surface area contributed by atoms with E-state index in [1.165, 1.54) is 14.2 Å². The molecular weight excluding hydrogens is 372 g/mol. The summed E-state index contributed by atoms with van der Waals surface area (Å²) in [5.41, 5.74) is 2.33. The monoisotopic (exact) mass is 392 g/mol. The minimum atomic E-state index is 0.243. The number of hydrogen-bond donors (Lipinski definition) is 0. The summed E-state index contributed by atoms with van der Waals surface area (Å²) in [4.78, 5) is 18.2. The highest BCUT2D eigenvalue weighted by molar-refractivity contribution is 9.11. The fourth-order valence-corrected chi connectivity index (χ4v) is 4.33. The third kappa shape index (κ3) is 4.66. The maximum Gasteiger partial charge on any atom is 0.227 e. The fourth-order valence-electron chi connectivity index (χ4n) is 2.80. The molecule has 0 spiro atoms. The van der Waals surface area contributed by atoms with E-state index in [9.17, 15) is 4.79 Å². The lowest BCUT2D eigenvalue weighted by Gasteiger charge is -2.34. The molecule has 1 fully saturated rings. The molecule has 1 amide bonds. The van der Waals surface area contributed by atoms with Crippen molar-refractivity contribution in [3.8, 4) is 0 Å². The van der Waals surface area contributed by atoms with Crippen molar-refractivity contribution in [1.29, 1.82) is 0 Å². The van der Waals surface area contributed by atoms with Crippen LogP contribution < -0.4 is 0 Å². The Morgan fingerprint density at radius 2 is 1.78 bits per heavy atom. The van der Waals surface area contributed by atoms with Gasteiger partial charge in [-0.15, -0.1) is 11.3 Å². The number of benzene rings is 1. The van der Waals surface area contributed by atoms with Crippen molar-refractivity contribution in [2.45, 2.75) is 19.9 Å². The number of halogens is 1. The lowest BCUT2D eigenvalue weighted by Crippen LogP contribution is -2.48. The van der Waals surface area contributed by atoms with E-state index >= 15 is 0 Å². The zero-order chi connectivity index (χ0) is 16.2. The first kappa shape index (κ1) is 16.7. The first-order chi connectivity index (χ1) is 11.1. The van der Waals surface area contributed by atoms with E-state index in [1.807, 2.05) is 4.90 Å². The molecule has 1 saturated heterocycles. The largest absolute Gasteiger partial charge is 0.340 e. The van der Waals surface area contributed by atoms with E-state index in [1.54, 1.807) is 11.3 Å². The lowest BCUT2D eigenvalue weighted by molar-refractivity contribution is -0.132. The first-order valence-corrected chi connectivity index (χ1v) is 9.51. The van der Waals surface area contributed by atoms with Crippen LogP contribution in [0.1, 0.15) is 16.0 Å². The fraction of sp³-hybridized carbons (Fsp3) is 0.389. The van der Waals surface area contributed by atoms with Crippen molar-refractivity contribution in [3.05, 3.63) is 56.2 Å². The van der Waals surface area contributed by atoms with E-state index in [0.29, 0.717) is 6.42 Å². The predicted molar refractivity (Wildman–Crippen MR) is 98.8 cm³/mol. The van der Waals surface area contributed by atoms with Crippen LogP contribution in [0.2, 0.25) is 0 Å². The molecule has 3 rings (SSSR count). The molecule has 0 atom stereocenters. The number of thiophene rings is 1. The van der Waals surface area contributed by atoms with Crippen LogP contribution >= 0.6 is 27.3 Å². The smallest absolute Gasteiger partial charge is 0.227 e. The van der Waals surface area contributed by atoms with Gasteiger partial charge in [-0.25, -0.2) is 0 Å². The van der Waals surface area contributed by atoms with Gasteiger partial charge in [0.2, 0.25) is 5.91 Å². The topological polar surface area (TPSA) is 23.6 Å². The molecule has 1 aromatic heterocycles. The van der Waals surface area contributed by atoms with Crippen LogP contribution in [0.25, 0.3) is 0 Å². The Kier molecular flexibility index (Phi) is 5.51. The van der Waals surface area contributed by atoms with Crippen molar-refractivity contribution in [3.63, 3.8) is 0 Å². The van der Waals surface area contributed by atoms with Crippen LogP contribution in [-0.2, 0) is 17.8 Å². The Labute approximate surface area is 150 Å². The van der Waals surface area contributed by atoms with Crippen molar-refractivity contribution >= 4 is 33.2 Å². The molecule has 0 N–H and O–H groups in total. The summed E-state index contributed by atoms with van der Waals surface area (Å²) in [6, 6.07) is 12.5. The molecule has 0 unspecified atom stereocenters. The third-order valence-corrected chi connectivity index (χ3v) is 5.82. The second kappa shape index (κ2) is 7.60. The maximum absolute atomic E-state index is 12.4. The molecule has 3 nitrogen and oxygen atoms in total. The highest BCUT2D eigenvalue weighted by atomic mass is 79.9. The van der Waals surface area contributed by atoms with E-state index in [4.69, 9.17) is 0 Å². The van der Waals surface area contributed by atoms with Crippen molar-refractivity contribution in [1.82, 2.24) is 9.80 Å². The van der Waals surface area contributed by atoms with Crippen LogP contribution in [0.4, 0.5) is 0 Å². The minimum absolute atomic E-state index is 0.243. The summed E-state index contributed by atoms with van der Waals surface area (Å²) < 4.78 is 1.18. The van der Waals surface area contributed by atoms with E-state index in [2.05, 4.69) is 64.2 Å². The molecule has 2 heterocycles. The Morgan fingerprint density at radius 1 is 1.09 bits per heavy atom. The van der Waals surface area contributed by atoms with E-state index < -0.39 is 0 Å². The number of piperazine rings is 1. The first-order valence-electron chi connectivity index (χ1n) is 7.90. The van der Waals surface area contributed by atoms with Crippen LogP contribution in [-0.4, -0.2) is 41.9 Å². The van der Waals surface area contributed by atoms with Gasteiger partial charge in [0.05, 0.1) is 10.2 Å². The highest BCUT2D eigenvalue weighted by Gasteiger charge is 2.21. The van der Waals surface area contributed by atoms with Gasteiger partial charge < -0.3 is 4.90 Å². The molecule has 0 saturated carbocycles. The minimum Gasteiger partial charge on any atom is -0.340 e. The molecule has 1 aromatic carbocycles. The molecule has 0 bridgehead atoms. The van der Waals surface area contributed by atoms with Gasteiger partial charge in [0, 0.05) is 37.6 Å². The Balaban J connectivity index is 1.48. The summed E-state index contributed by atoms with van der Waals surface area (Å²) in [5, 5.41) is 0. The highest BCUT2D eigenvalue weighted by Crippen LogP contribution is 2.23. The summed E-state index contributed by atoms with van der Waals surface area (Å²) in [7, 11) is 0. The van der Waals surface area contributed by atoms with E-state index in [-0.39, 0.29) is 5.91 Å². The van der Waals surface area contributed by atoms with Crippen LogP contribution in [0, 0.1) is 6.92 Å². The SMILES string of the molecule is Cc1ccc(CC(=O)N2CCN(Cc3ccc(Br)s3)CC2)cc1. The molecule has 0 radical (unpaired) electrons. The molecular formula is C18H21BrN2OS. The number of hydrogen-bond acceptors (Lipinski definition) is 3. The van der Waals surface area contributed by atoms with Crippen molar-refractivity contribution < 1.29 is 4.79 Å². The summed E-state index contributed by atoms with van der Waals surface area (Å²) in [5.74, 6) is 0.243. The van der Waals surface area contributed by atoms with Crippen molar-refractivity contribution in [2.75, 3.05) is 26.2 Å². The van der Waals surface area contributed by atoms with Crippen LogP contribution in [0.15, 0.2) is 40.2 Å². The Morgan fingerprint density at radius 3 is 2.39 bits per heavy atom. The molecule has 23 heavy (non-hydrogen) atoms. The van der Waals surface area contributed by atoms with Gasteiger partial charge in [-0.05, 0) is 40.5 Å². The average molecular weight is 393 g/mol. The number of carbonyl (C=O) groups excluding carboxylic acids is 1. The Bertz CT molecular complexity index is 660. The van der Waals surface area contributed by atoms with Gasteiger partial charge in [0.1, 0.15) is 0 Å². The van der Waals surface area contributed by atoms with Crippen LogP contribution in [0.5, 0.6) is 0 Å². The number of aryl methyl sites for hydroxylation is 1. The average Bonchev–Trinajstić information content (AvgIpc) is 2.95. The molecule has 0 aliphatic carbocycles. The molecule has 2 aromatic rings. The maximum atomic E-state index is 12.4.